The molecule has 0 fully saturated rings. The second-order valence-electron chi connectivity index (χ2n) is 9.45. The molecule has 0 saturated heterocycles. The van der Waals surface area contributed by atoms with E-state index in [4.69, 9.17) is 9.72 Å². The zero-order valence-corrected chi connectivity index (χ0v) is 21.4. The average Bonchev–Trinajstić information content (AvgIpc) is 3.30. The van der Waals surface area contributed by atoms with Gasteiger partial charge >= 0.3 is 6.09 Å². The van der Waals surface area contributed by atoms with E-state index in [1.165, 1.54) is 5.56 Å². The summed E-state index contributed by atoms with van der Waals surface area (Å²) in [6.45, 7) is 7.35. The van der Waals surface area contributed by atoms with Crippen LogP contribution in [0, 0.1) is 0 Å². The molecule has 3 heterocycles. The van der Waals surface area contributed by atoms with Crippen LogP contribution in [0.3, 0.4) is 0 Å². The first-order chi connectivity index (χ1) is 15.6. The Labute approximate surface area is 202 Å². The van der Waals surface area contributed by atoms with Gasteiger partial charge in [0, 0.05) is 30.0 Å². The second kappa shape index (κ2) is 9.40. The summed E-state index contributed by atoms with van der Waals surface area (Å²) < 4.78 is 6.69. The van der Waals surface area contributed by atoms with E-state index >= 15 is 0 Å². The zero-order chi connectivity index (χ0) is 23.8. The summed E-state index contributed by atoms with van der Waals surface area (Å²) in [5, 5.41) is 4.85. The molecule has 2 amide bonds. The molecule has 7 nitrogen and oxygen atoms in total. The minimum absolute atomic E-state index is 0.0198. The Hall–Kier alpha value is -2.49. The van der Waals surface area contributed by atoms with Crippen molar-refractivity contribution in [3.8, 4) is 10.6 Å². The smallest absolute Gasteiger partial charge is 0.410 e. The summed E-state index contributed by atoms with van der Waals surface area (Å²) in [5.41, 5.74) is 2.58. The highest BCUT2D eigenvalue weighted by atomic mass is 32.1. The number of ether oxygens (including phenoxy) is 1. The number of carbonyl (C=O) groups is 2. The van der Waals surface area contributed by atoms with Crippen LogP contribution >= 0.6 is 22.7 Å². The molecule has 2 aromatic heterocycles. The lowest BCUT2D eigenvalue weighted by molar-refractivity contribution is -0.116. The van der Waals surface area contributed by atoms with Crippen LogP contribution in [-0.2, 0) is 22.5 Å². The van der Waals surface area contributed by atoms with Crippen LogP contribution in [0.5, 0.6) is 0 Å². The molecule has 1 aromatic carbocycles. The van der Waals surface area contributed by atoms with E-state index in [2.05, 4.69) is 11.4 Å². The van der Waals surface area contributed by atoms with Crippen molar-refractivity contribution in [2.75, 3.05) is 32.5 Å². The Morgan fingerprint density at radius 1 is 1.21 bits per heavy atom. The van der Waals surface area contributed by atoms with E-state index in [-0.39, 0.29) is 12.0 Å². The summed E-state index contributed by atoms with van der Waals surface area (Å²) in [5.74, 6) is -0.0198. The minimum atomic E-state index is -0.537. The van der Waals surface area contributed by atoms with Crippen LogP contribution < -0.4 is 5.32 Å². The standard InChI is InChI=1S/C24H30N4O3S2/c1-24(2,3)31-23(30)28-13-10-15-18(14-28)33-22(26-19(29)11-12-27(4)5)20(15)21-25-16-8-6-7-9-17(16)32-21/h6-9H,10-14H2,1-5H3,(H,26,29). The van der Waals surface area contributed by atoms with Gasteiger partial charge in [0.05, 0.1) is 16.8 Å². The molecule has 0 radical (unpaired) electrons. The third-order valence-corrected chi connectivity index (χ3v) is 7.44. The highest BCUT2D eigenvalue weighted by Gasteiger charge is 2.31. The molecule has 1 aliphatic heterocycles. The van der Waals surface area contributed by atoms with Gasteiger partial charge in [0.15, 0.2) is 0 Å². The first-order valence-electron chi connectivity index (χ1n) is 11.0. The largest absolute Gasteiger partial charge is 0.444 e. The number of amides is 2. The van der Waals surface area contributed by atoms with Crippen LogP contribution in [0.1, 0.15) is 37.6 Å². The van der Waals surface area contributed by atoms with Gasteiger partial charge in [-0.05, 0) is 59.0 Å². The molecule has 176 valence electrons. The average molecular weight is 487 g/mol. The van der Waals surface area contributed by atoms with Crippen molar-refractivity contribution in [3.63, 3.8) is 0 Å². The van der Waals surface area contributed by atoms with Crippen molar-refractivity contribution in [2.24, 2.45) is 0 Å². The molecular formula is C24H30N4O3S2. The maximum Gasteiger partial charge on any atom is 0.410 e. The first-order valence-corrected chi connectivity index (χ1v) is 12.7. The lowest BCUT2D eigenvalue weighted by atomic mass is 10.0. The second-order valence-corrected chi connectivity index (χ2v) is 11.6. The Morgan fingerprint density at radius 2 is 1.97 bits per heavy atom. The zero-order valence-electron chi connectivity index (χ0n) is 19.7. The van der Waals surface area contributed by atoms with Crippen molar-refractivity contribution in [2.45, 2.75) is 45.8 Å². The van der Waals surface area contributed by atoms with Crippen LogP contribution in [0.2, 0.25) is 0 Å². The van der Waals surface area contributed by atoms with Crippen LogP contribution in [-0.4, -0.2) is 59.6 Å². The summed E-state index contributed by atoms with van der Waals surface area (Å²) in [4.78, 5) is 35.0. The molecule has 0 aliphatic carbocycles. The lowest BCUT2D eigenvalue weighted by Gasteiger charge is -2.30. The molecule has 1 N–H and O–H groups in total. The van der Waals surface area contributed by atoms with Crippen LogP contribution in [0.25, 0.3) is 20.8 Å². The van der Waals surface area contributed by atoms with Gasteiger partial charge < -0.3 is 19.9 Å². The number of para-hydroxylation sites is 1. The van der Waals surface area contributed by atoms with Gasteiger partial charge in [-0.1, -0.05) is 12.1 Å². The summed E-state index contributed by atoms with van der Waals surface area (Å²) in [6.07, 6.45) is 0.808. The number of rotatable bonds is 5. The van der Waals surface area contributed by atoms with Gasteiger partial charge in [-0.3, -0.25) is 4.79 Å². The van der Waals surface area contributed by atoms with Crippen molar-refractivity contribution in [1.29, 1.82) is 0 Å². The van der Waals surface area contributed by atoms with Crippen LogP contribution in [0.15, 0.2) is 24.3 Å². The monoisotopic (exact) mass is 486 g/mol. The fourth-order valence-corrected chi connectivity index (χ4v) is 6.08. The number of fused-ring (bicyclic) bond motifs is 2. The molecule has 3 aromatic rings. The van der Waals surface area contributed by atoms with Gasteiger partial charge in [-0.25, -0.2) is 9.78 Å². The van der Waals surface area contributed by atoms with E-state index in [0.29, 0.717) is 32.5 Å². The Morgan fingerprint density at radius 3 is 2.67 bits per heavy atom. The van der Waals surface area contributed by atoms with E-state index in [1.807, 2.05) is 58.0 Å². The maximum absolute atomic E-state index is 12.7. The number of thiazole rings is 1. The van der Waals surface area contributed by atoms with E-state index < -0.39 is 5.60 Å². The lowest BCUT2D eigenvalue weighted by Crippen LogP contribution is -2.39. The molecule has 0 atom stereocenters. The van der Waals surface area contributed by atoms with Gasteiger partial charge in [0.1, 0.15) is 15.6 Å². The molecule has 33 heavy (non-hydrogen) atoms. The van der Waals surface area contributed by atoms with Crippen molar-refractivity contribution >= 4 is 49.9 Å². The van der Waals surface area contributed by atoms with Crippen LogP contribution in [0.4, 0.5) is 9.80 Å². The predicted molar refractivity (Wildman–Crippen MR) is 135 cm³/mol. The van der Waals surface area contributed by atoms with Gasteiger partial charge in [0.2, 0.25) is 5.91 Å². The highest BCUT2D eigenvalue weighted by Crippen LogP contribution is 2.45. The summed E-state index contributed by atoms with van der Waals surface area (Å²) >= 11 is 3.17. The van der Waals surface area contributed by atoms with Gasteiger partial charge in [-0.15, -0.1) is 22.7 Å². The van der Waals surface area contributed by atoms with Gasteiger partial charge in [-0.2, -0.15) is 0 Å². The molecule has 0 bridgehead atoms. The molecule has 0 spiro atoms. The Kier molecular flexibility index (Phi) is 6.74. The fraction of sp³-hybridized carbons (Fsp3) is 0.458. The van der Waals surface area contributed by atoms with E-state index in [1.54, 1.807) is 27.6 Å². The molecule has 4 rings (SSSR count). The molecule has 9 heteroatoms. The third kappa shape index (κ3) is 5.54. The number of thiophene rings is 1. The number of anilines is 1. The number of nitrogens with zero attached hydrogens (tertiary/aromatic N) is 3. The topological polar surface area (TPSA) is 74.8 Å². The Bertz CT molecular complexity index is 1140. The quantitative estimate of drug-likeness (QED) is 0.536. The van der Waals surface area contributed by atoms with Gasteiger partial charge in [0.25, 0.3) is 0 Å². The Balaban J connectivity index is 1.67. The maximum atomic E-state index is 12.7. The van der Waals surface area contributed by atoms with Crippen molar-refractivity contribution in [1.82, 2.24) is 14.8 Å². The number of hydrogen-bond donors (Lipinski definition) is 1. The van der Waals surface area contributed by atoms with Crippen molar-refractivity contribution < 1.29 is 14.3 Å². The third-order valence-electron chi connectivity index (χ3n) is 5.26. The molecule has 0 unspecified atom stereocenters. The number of benzene rings is 1. The molecule has 1 aliphatic rings. The number of carbonyl (C=O) groups excluding carboxylic acids is 2. The predicted octanol–water partition coefficient (Wildman–Crippen LogP) is 5.21. The summed E-state index contributed by atoms with van der Waals surface area (Å²) in [6, 6.07) is 8.07. The number of nitrogens with one attached hydrogen (secondary N) is 1. The minimum Gasteiger partial charge on any atom is -0.444 e. The highest BCUT2D eigenvalue weighted by molar-refractivity contribution is 7.22. The van der Waals surface area contributed by atoms with E-state index in [0.717, 1.165) is 30.7 Å². The fourth-order valence-electron chi connectivity index (χ4n) is 3.69. The SMILES string of the molecule is CN(C)CCC(=O)Nc1sc2c(c1-c1nc3ccccc3s1)CCN(C(=O)OC(C)(C)C)C2. The molecule has 0 saturated carbocycles. The number of hydrogen-bond acceptors (Lipinski definition) is 7. The number of aromatic nitrogens is 1. The molecular weight excluding hydrogens is 456 g/mol. The van der Waals surface area contributed by atoms with Crippen molar-refractivity contribution in [3.05, 3.63) is 34.7 Å². The normalized spacial score (nSPS) is 13.9. The van der Waals surface area contributed by atoms with E-state index in [9.17, 15) is 9.59 Å². The first kappa shape index (κ1) is 23.7. The summed E-state index contributed by atoms with van der Waals surface area (Å²) in [7, 11) is 3.91.